The third-order valence-corrected chi connectivity index (χ3v) is 5.83. The highest BCUT2D eigenvalue weighted by Gasteiger charge is 2.60. The molecule has 0 unspecified atom stereocenters. The molecule has 0 amide bonds. The second kappa shape index (κ2) is 4.57. The molecule has 108 valence electrons. The van der Waals surface area contributed by atoms with Gasteiger partial charge >= 0.3 is 0 Å². The van der Waals surface area contributed by atoms with Gasteiger partial charge < -0.3 is 4.84 Å². The summed E-state index contributed by atoms with van der Waals surface area (Å²) in [5.74, 6) is 0.517. The van der Waals surface area contributed by atoms with Crippen molar-refractivity contribution in [3.05, 3.63) is 35.6 Å². The molecule has 20 heavy (non-hydrogen) atoms. The summed E-state index contributed by atoms with van der Waals surface area (Å²) in [6, 6.07) is 6.38. The summed E-state index contributed by atoms with van der Waals surface area (Å²) >= 11 is 0. The van der Waals surface area contributed by atoms with E-state index in [1.54, 1.807) is 12.1 Å². The van der Waals surface area contributed by atoms with Crippen molar-refractivity contribution >= 4 is 5.71 Å². The number of hydrogen-bond acceptors (Lipinski definition) is 2. The average molecular weight is 275 g/mol. The van der Waals surface area contributed by atoms with Crippen LogP contribution in [0.2, 0.25) is 0 Å². The van der Waals surface area contributed by atoms with Crippen molar-refractivity contribution in [3.8, 4) is 0 Å². The molecular weight excluding hydrogens is 253 g/mol. The molecule has 2 bridgehead atoms. The number of oxime groups is 1. The van der Waals surface area contributed by atoms with Crippen LogP contribution in [0.1, 0.15) is 45.6 Å². The fourth-order valence-electron chi connectivity index (χ4n) is 3.83. The van der Waals surface area contributed by atoms with E-state index in [1.807, 2.05) is 0 Å². The van der Waals surface area contributed by atoms with Crippen molar-refractivity contribution in [2.75, 3.05) is 0 Å². The standard InChI is InChI=1S/C17H22FNO/c1-16(2)13-8-9-17(16,3)15(10-13)19-20-11-12-4-6-14(18)7-5-12/h4-7,13H,8-11H2,1-3H3/b19-15+/t13-,17-/m1/s1. The minimum Gasteiger partial charge on any atom is -0.391 e. The first-order valence-electron chi connectivity index (χ1n) is 7.37. The summed E-state index contributed by atoms with van der Waals surface area (Å²) in [6.07, 6.45) is 3.58. The Labute approximate surface area is 120 Å². The quantitative estimate of drug-likeness (QED) is 0.742. The van der Waals surface area contributed by atoms with Crippen LogP contribution in [0.3, 0.4) is 0 Å². The van der Waals surface area contributed by atoms with Gasteiger partial charge in [0.25, 0.3) is 0 Å². The molecule has 1 aromatic rings. The van der Waals surface area contributed by atoms with E-state index in [4.69, 9.17) is 4.84 Å². The lowest BCUT2D eigenvalue weighted by Crippen LogP contribution is -2.32. The highest BCUT2D eigenvalue weighted by molar-refractivity contribution is 5.93. The Morgan fingerprint density at radius 2 is 1.95 bits per heavy atom. The van der Waals surface area contributed by atoms with E-state index >= 15 is 0 Å². The Bertz CT molecular complexity index is 534. The summed E-state index contributed by atoms with van der Waals surface area (Å²) in [6.45, 7) is 7.44. The van der Waals surface area contributed by atoms with Gasteiger partial charge in [0.05, 0.1) is 5.71 Å². The molecule has 2 nitrogen and oxygen atoms in total. The second-order valence-corrected chi connectivity index (χ2v) is 6.93. The first-order chi connectivity index (χ1) is 9.43. The molecule has 2 saturated carbocycles. The molecule has 0 radical (unpaired) electrons. The van der Waals surface area contributed by atoms with Crippen LogP contribution in [0.5, 0.6) is 0 Å². The van der Waals surface area contributed by atoms with E-state index in [2.05, 4.69) is 25.9 Å². The SMILES string of the molecule is CC1(C)[C@@H]2CC[C@]1(C)/C(=N/OCc1ccc(F)cc1)C2. The van der Waals surface area contributed by atoms with Gasteiger partial charge in [0.15, 0.2) is 0 Å². The zero-order valence-corrected chi connectivity index (χ0v) is 12.4. The van der Waals surface area contributed by atoms with E-state index in [1.165, 1.54) is 30.7 Å². The van der Waals surface area contributed by atoms with E-state index in [-0.39, 0.29) is 11.2 Å². The lowest BCUT2D eigenvalue weighted by atomic mass is 9.70. The van der Waals surface area contributed by atoms with Crippen molar-refractivity contribution in [1.82, 2.24) is 0 Å². The van der Waals surface area contributed by atoms with Gasteiger partial charge in [-0.25, -0.2) is 4.39 Å². The first-order valence-corrected chi connectivity index (χ1v) is 7.37. The van der Waals surface area contributed by atoms with Crippen molar-refractivity contribution in [1.29, 1.82) is 0 Å². The molecule has 2 aliphatic carbocycles. The lowest BCUT2D eigenvalue weighted by molar-refractivity contribution is 0.123. The summed E-state index contributed by atoms with van der Waals surface area (Å²) in [4.78, 5) is 5.52. The molecule has 0 saturated heterocycles. The maximum atomic E-state index is 12.8. The predicted octanol–water partition coefficient (Wildman–Crippen LogP) is 4.54. The van der Waals surface area contributed by atoms with Crippen LogP contribution in [0.25, 0.3) is 0 Å². The molecule has 0 N–H and O–H groups in total. The molecule has 3 heteroatoms. The van der Waals surface area contributed by atoms with E-state index < -0.39 is 0 Å². The maximum Gasteiger partial charge on any atom is 0.142 e. The Kier molecular flexibility index (Phi) is 3.11. The molecule has 0 aromatic heterocycles. The molecule has 3 rings (SSSR count). The summed E-state index contributed by atoms with van der Waals surface area (Å²) in [7, 11) is 0. The number of rotatable bonds is 3. The van der Waals surface area contributed by atoms with E-state index in [9.17, 15) is 4.39 Å². The van der Waals surface area contributed by atoms with Gasteiger partial charge in [-0.3, -0.25) is 0 Å². The summed E-state index contributed by atoms with van der Waals surface area (Å²) < 4.78 is 12.8. The zero-order valence-electron chi connectivity index (χ0n) is 12.4. The minimum absolute atomic E-state index is 0.181. The molecule has 0 heterocycles. The van der Waals surface area contributed by atoms with Crippen LogP contribution in [-0.2, 0) is 11.4 Å². The van der Waals surface area contributed by atoms with Crippen molar-refractivity contribution < 1.29 is 9.23 Å². The van der Waals surface area contributed by atoms with Crippen LogP contribution in [0.15, 0.2) is 29.4 Å². The van der Waals surface area contributed by atoms with Crippen LogP contribution in [-0.4, -0.2) is 5.71 Å². The van der Waals surface area contributed by atoms with Gasteiger partial charge in [-0.05, 0) is 48.3 Å². The second-order valence-electron chi connectivity index (χ2n) is 6.93. The van der Waals surface area contributed by atoms with Gasteiger partial charge in [0.2, 0.25) is 0 Å². The lowest BCUT2D eigenvalue weighted by Gasteiger charge is -2.34. The van der Waals surface area contributed by atoms with Gasteiger partial charge in [-0.1, -0.05) is 38.1 Å². The van der Waals surface area contributed by atoms with Crippen molar-refractivity contribution in [2.24, 2.45) is 21.9 Å². The Morgan fingerprint density at radius 3 is 2.50 bits per heavy atom. The third kappa shape index (κ3) is 1.95. The van der Waals surface area contributed by atoms with Crippen LogP contribution < -0.4 is 0 Å². The molecular formula is C17H22FNO. The Morgan fingerprint density at radius 1 is 1.25 bits per heavy atom. The van der Waals surface area contributed by atoms with Gasteiger partial charge in [0, 0.05) is 5.41 Å². The first kappa shape index (κ1) is 13.6. The van der Waals surface area contributed by atoms with Crippen molar-refractivity contribution in [2.45, 2.75) is 46.6 Å². The zero-order chi connectivity index (χ0) is 14.4. The highest BCUT2D eigenvalue weighted by atomic mass is 19.1. The number of fused-ring (bicyclic) bond motifs is 2. The highest BCUT2D eigenvalue weighted by Crippen LogP contribution is 2.63. The average Bonchev–Trinajstić information content (AvgIpc) is 2.74. The summed E-state index contributed by atoms with van der Waals surface area (Å²) in [5, 5.41) is 4.41. The van der Waals surface area contributed by atoms with Gasteiger partial charge in [0.1, 0.15) is 12.4 Å². The predicted molar refractivity (Wildman–Crippen MR) is 77.9 cm³/mol. The van der Waals surface area contributed by atoms with Crippen LogP contribution >= 0.6 is 0 Å². The van der Waals surface area contributed by atoms with Crippen LogP contribution in [0, 0.1) is 22.6 Å². The number of benzene rings is 1. The fourth-order valence-corrected chi connectivity index (χ4v) is 3.83. The summed E-state index contributed by atoms with van der Waals surface area (Å²) in [5.41, 5.74) is 2.66. The smallest absolute Gasteiger partial charge is 0.142 e. The van der Waals surface area contributed by atoms with Gasteiger partial charge in [-0.15, -0.1) is 0 Å². The van der Waals surface area contributed by atoms with Crippen molar-refractivity contribution in [3.63, 3.8) is 0 Å². The Balaban J connectivity index is 1.68. The minimum atomic E-state index is -0.220. The molecule has 0 aliphatic heterocycles. The number of hydrogen-bond donors (Lipinski definition) is 0. The molecule has 1 aromatic carbocycles. The third-order valence-electron chi connectivity index (χ3n) is 5.83. The number of nitrogens with zero attached hydrogens (tertiary/aromatic N) is 1. The maximum absolute atomic E-state index is 12.8. The Hall–Kier alpha value is -1.38. The largest absolute Gasteiger partial charge is 0.391 e. The fraction of sp³-hybridized carbons (Fsp3) is 0.588. The molecule has 2 atom stereocenters. The van der Waals surface area contributed by atoms with Gasteiger partial charge in [-0.2, -0.15) is 0 Å². The molecule has 2 aliphatic rings. The monoisotopic (exact) mass is 275 g/mol. The normalized spacial score (nSPS) is 32.8. The van der Waals surface area contributed by atoms with Crippen LogP contribution in [0.4, 0.5) is 4.39 Å². The molecule has 2 fully saturated rings. The molecule has 0 spiro atoms. The number of halogens is 1. The van der Waals surface area contributed by atoms with E-state index in [0.717, 1.165) is 17.9 Å². The topological polar surface area (TPSA) is 21.6 Å². The van der Waals surface area contributed by atoms with E-state index in [0.29, 0.717) is 12.0 Å².